The van der Waals surface area contributed by atoms with Gasteiger partial charge in [-0.2, -0.15) is 5.10 Å². The number of amides is 1. The molecule has 1 N–H and O–H groups in total. The summed E-state index contributed by atoms with van der Waals surface area (Å²) < 4.78 is 15.8. The first kappa shape index (κ1) is 21.4. The molecule has 1 fully saturated rings. The van der Waals surface area contributed by atoms with Gasteiger partial charge >= 0.3 is 5.97 Å². The molecule has 1 amide bonds. The molecule has 0 atom stereocenters. The molecule has 7 nitrogen and oxygen atoms in total. The number of hydrogen-bond acceptors (Lipinski definition) is 6. The largest absolute Gasteiger partial charge is 0.493 e. The van der Waals surface area contributed by atoms with Crippen LogP contribution in [0.2, 0.25) is 0 Å². The van der Waals surface area contributed by atoms with Crippen molar-refractivity contribution in [1.29, 1.82) is 0 Å². The third kappa shape index (κ3) is 5.59. The highest BCUT2D eigenvalue weighted by Gasteiger charge is 2.20. The van der Waals surface area contributed by atoms with E-state index in [1.165, 1.54) is 20.6 Å². The first-order valence-corrected chi connectivity index (χ1v) is 9.98. The van der Waals surface area contributed by atoms with E-state index in [-0.39, 0.29) is 11.8 Å². The van der Waals surface area contributed by atoms with E-state index in [1.807, 2.05) is 0 Å². The van der Waals surface area contributed by atoms with Gasteiger partial charge in [0.25, 0.3) is 0 Å². The van der Waals surface area contributed by atoms with Crippen molar-refractivity contribution >= 4 is 18.1 Å². The van der Waals surface area contributed by atoms with E-state index in [4.69, 9.17) is 14.2 Å². The Morgan fingerprint density at radius 1 is 0.967 bits per heavy atom. The van der Waals surface area contributed by atoms with Gasteiger partial charge in [0.05, 0.1) is 26.0 Å². The van der Waals surface area contributed by atoms with Gasteiger partial charge < -0.3 is 14.2 Å². The Hall–Kier alpha value is -3.35. The minimum absolute atomic E-state index is 0.0218. The van der Waals surface area contributed by atoms with E-state index in [9.17, 15) is 9.59 Å². The second-order valence-corrected chi connectivity index (χ2v) is 7.10. The smallest absolute Gasteiger partial charge is 0.343 e. The molecule has 7 heteroatoms. The van der Waals surface area contributed by atoms with E-state index in [0.717, 1.165) is 31.2 Å². The summed E-state index contributed by atoms with van der Waals surface area (Å²) in [5, 5.41) is 4.03. The zero-order chi connectivity index (χ0) is 21.3. The maximum Gasteiger partial charge on any atom is 0.343 e. The molecule has 0 aromatic heterocycles. The van der Waals surface area contributed by atoms with E-state index in [1.54, 1.807) is 48.7 Å². The van der Waals surface area contributed by atoms with Gasteiger partial charge in [-0.25, -0.2) is 10.2 Å². The van der Waals surface area contributed by atoms with E-state index >= 15 is 0 Å². The number of nitrogens with one attached hydrogen (secondary N) is 1. The zero-order valence-corrected chi connectivity index (χ0v) is 17.2. The van der Waals surface area contributed by atoms with Gasteiger partial charge in [-0.3, -0.25) is 4.79 Å². The number of esters is 1. The van der Waals surface area contributed by atoms with Crippen molar-refractivity contribution in [3.8, 4) is 17.2 Å². The highest BCUT2D eigenvalue weighted by molar-refractivity contribution is 5.92. The molecule has 30 heavy (non-hydrogen) atoms. The van der Waals surface area contributed by atoms with Crippen molar-refractivity contribution in [2.75, 3.05) is 14.2 Å². The SMILES string of the molecule is COc1ccc(C(=O)Oc2ccc(/C=N/NC(=O)C3CCCCC3)cc2)cc1OC. The van der Waals surface area contributed by atoms with Gasteiger partial charge in [0, 0.05) is 5.92 Å². The minimum Gasteiger partial charge on any atom is -0.493 e. The molecule has 0 spiro atoms. The number of carbonyl (C=O) groups is 2. The molecule has 0 saturated heterocycles. The summed E-state index contributed by atoms with van der Waals surface area (Å²) >= 11 is 0. The Morgan fingerprint density at radius 2 is 1.67 bits per heavy atom. The third-order valence-electron chi connectivity index (χ3n) is 5.07. The summed E-state index contributed by atoms with van der Waals surface area (Å²) in [6.45, 7) is 0. The molecular formula is C23H26N2O5. The Kier molecular flexibility index (Phi) is 7.43. The Balaban J connectivity index is 1.55. The number of ether oxygens (including phenoxy) is 3. The van der Waals surface area contributed by atoms with Crippen LogP contribution < -0.4 is 19.6 Å². The fraction of sp³-hybridized carbons (Fsp3) is 0.348. The van der Waals surface area contributed by atoms with Gasteiger partial charge in [-0.05, 0) is 60.9 Å². The number of methoxy groups -OCH3 is 2. The van der Waals surface area contributed by atoms with Crippen LogP contribution in [0, 0.1) is 5.92 Å². The highest BCUT2D eigenvalue weighted by atomic mass is 16.5. The highest BCUT2D eigenvalue weighted by Crippen LogP contribution is 2.28. The fourth-order valence-corrected chi connectivity index (χ4v) is 3.38. The molecule has 2 aromatic carbocycles. The summed E-state index contributed by atoms with van der Waals surface area (Å²) in [6.07, 6.45) is 6.84. The van der Waals surface area contributed by atoms with Gasteiger partial charge in [-0.15, -0.1) is 0 Å². The Labute approximate surface area is 176 Å². The second kappa shape index (κ2) is 10.4. The molecule has 3 rings (SSSR count). The quantitative estimate of drug-likeness (QED) is 0.323. The zero-order valence-electron chi connectivity index (χ0n) is 17.2. The summed E-state index contributed by atoms with van der Waals surface area (Å²) in [4.78, 5) is 24.5. The van der Waals surface area contributed by atoms with Crippen molar-refractivity contribution in [3.63, 3.8) is 0 Å². The molecule has 1 saturated carbocycles. The van der Waals surface area contributed by atoms with Crippen LogP contribution in [0.1, 0.15) is 48.0 Å². The molecule has 2 aromatic rings. The van der Waals surface area contributed by atoms with Crippen molar-refractivity contribution in [3.05, 3.63) is 53.6 Å². The maximum atomic E-state index is 12.4. The molecule has 1 aliphatic rings. The van der Waals surface area contributed by atoms with Gasteiger partial charge in [-0.1, -0.05) is 19.3 Å². The lowest BCUT2D eigenvalue weighted by Gasteiger charge is -2.19. The second-order valence-electron chi connectivity index (χ2n) is 7.10. The first-order valence-electron chi connectivity index (χ1n) is 9.98. The Bertz CT molecular complexity index is 902. The maximum absolute atomic E-state index is 12.4. The molecule has 158 valence electrons. The topological polar surface area (TPSA) is 86.2 Å². The van der Waals surface area contributed by atoms with Crippen molar-refractivity contribution in [1.82, 2.24) is 5.43 Å². The Morgan fingerprint density at radius 3 is 2.33 bits per heavy atom. The van der Waals surface area contributed by atoms with Crippen LogP contribution in [-0.4, -0.2) is 32.3 Å². The lowest BCUT2D eigenvalue weighted by molar-refractivity contribution is -0.125. The summed E-state index contributed by atoms with van der Waals surface area (Å²) in [7, 11) is 3.03. The van der Waals surface area contributed by atoms with Crippen LogP contribution in [0.5, 0.6) is 17.2 Å². The third-order valence-corrected chi connectivity index (χ3v) is 5.07. The molecule has 0 heterocycles. The van der Waals surface area contributed by atoms with E-state index in [2.05, 4.69) is 10.5 Å². The average Bonchev–Trinajstić information content (AvgIpc) is 2.80. The van der Waals surface area contributed by atoms with Gasteiger partial charge in [0.1, 0.15) is 5.75 Å². The number of nitrogens with zero attached hydrogens (tertiary/aromatic N) is 1. The lowest BCUT2D eigenvalue weighted by atomic mass is 9.89. The molecule has 0 radical (unpaired) electrons. The summed E-state index contributed by atoms with van der Waals surface area (Å²) in [5.41, 5.74) is 3.75. The summed E-state index contributed by atoms with van der Waals surface area (Å²) in [6, 6.07) is 11.7. The number of carbonyl (C=O) groups excluding carboxylic acids is 2. The van der Waals surface area contributed by atoms with Gasteiger partial charge in [0.15, 0.2) is 11.5 Å². The number of benzene rings is 2. The molecule has 0 unspecified atom stereocenters. The monoisotopic (exact) mass is 410 g/mol. The average molecular weight is 410 g/mol. The first-order chi connectivity index (χ1) is 14.6. The predicted octanol–water partition coefficient (Wildman–Crippen LogP) is 3.95. The van der Waals surface area contributed by atoms with E-state index < -0.39 is 5.97 Å². The van der Waals surface area contributed by atoms with Crippen LogP contribution in [0.15, 0.2) is 47.6 Å². The van der Waals surface area contributed by atoms with Crippen LogP contribution in [0.3, 0.4) is 0 Å². The van der Waals surface area contributed by atoms with Gasteiger partial charge in [0.2, 0.25) is 5.91 Å². The predicted molar refractivity (Wildman–Crippen MR) is 113 cm³/mol. The van der Waals surface area contributed by atoms with E-state index in [0.29, 0.717) is 22.8 Å². The number of hydrogen-bond donors (Lipinski definition) is 1. The van der Waals surface area contributed by atoms with Crippen molar-refractivity contribution < 1.29 is 23.8 Å². The fourth-order valence-electron chi connectivity index (χ4n) is 3.38. The van der Waals surface area contributed by atoms with Crippen LogP contribution in [0.4, 0.5) is 0 Å². The number of hydrazone groups is 1. The number of rotatable bonds is 7. The summed E-state index contributed by atoms with van der Waals surface area (Å²) in [5.74, 6) is 0.929. The normalized spacial score (nSPS) is 14.3. The van der Waals surface area contributed by atoms with Crippen LogP contribution in [0.25, 0.3) is 0 Å². The van der Waals surface area contributed by atoms with Crippen LogP contribution >= 0.6 is 0 Å². The molecule has 0 bridgehead atoms. The molecule has 1 aliphatic carbocycles. The molecular weight excluding hydrogens is 384 g/mol. The lowest BCUT2D eigenvalue weighted by Crippen LogP contribution is -2.28. The van der Waals surface area contributed by atoms with Crippen molar-refractivity contribution in [2.45, 2.75) is 32.1 Å². The van der Waals surface area contributed by atoms with Crippen LogP contribution in [-0.2, 0) is 4.79 Å². The standard InChI is InChI=1S/C23H26N2O5/c1-28-20-13-10-18(14-21(20)29-2)23(27)30-19-11-8-16(9-12-19)15-24-25-22(26)17-6-4-3-5-7-17/h8-15,17H,3-7H2,1-2H3,(H,25,26)/b24-15+. The minimum atomic E-state index is -0.503. The van der Waals surface area contributed by atoms with Crippen molar-refractivity contribution in [2.24, 2.45) is 11.0 Å². The molecule has 0 aliphatic heterocycles.